The molecular formula is C14H24N2O2S2. The third-order valence-electron chi connectivity index (χ3n) is 3.48. The number of nitrogens with two attached hydrogens (primary N) is 1. The summed E-state index contributed by atoms with van der Waals surface area (Å²) in [6.07, 6.45) is 2.82. The van der Waals surface area contributed by atoms with Gasteiger partial charge in [-0.1, -0.05) is 13.0 Å². The number of rotatable bonds is 7. The van der Waals surface area contributed by atoms with Crippen LogP contribution in [0, 0.1) is 0 Å². The Balaban J connectivity index is 3.15. The van der Waals surface area contributed by atoms with Gasteiger partial charge in [0.2, 0.25) is 10.0 Å². The van der Waals surface area contributed by atoms with Crippen molar-refractivity contribution in [2.45, 2.75) is 37.8 Å². The first-order valence-electron chi connectivity index (χ1n) is 6.67. The van der Waals surface area contributed by atoms with Gasteiger partial charge in [-0.25, -0.2) is 8.42 Å². The Kier molecular flexibility index (Phi) is 6.51. The fraction of sp³-hybridized carbons (Fsp3) is 0.571. The number of aryl methyl sites for hydroxylation is 1. The number of thioether (sulfide) groups is 1. The molecule has 0 amide bonds. The van der Waals surface area contributed by atoms with Crippen molar-refractivity contribution in [3.05, 3.63) is 29.3 Å². The highest BCUT2D eigenvalue weighted by Gasteiger charge is 2.25. The molecule has 114 valence electrons. The Bertz CT molecular complexity index is 544. The van der Waals surface area contributed by atoms with Crippen molar-refractivity contribution in [1.82, 2.24) is 4.31 Å². The number of sulfonamides is 1. The largest absolute Gasteiger partial charge is 0.326 e. The molecular weight excluding hydrogens is 292 g/mol. The van der Waals surface area contributed by atoms with E-state index in [1.165, 1.54) is 4.31 Å². The molecule has 1 rings (SSSR count). The van der Waals surface area contributed by atoms with Crippen LogP contribution in [0.15, 0.2) is 23.1 Å². The summed E-state index contributed by atoms with van der Waals surface area (Å²) >= 11 is 1.64. The molecule has 0 aliphatic rings. The van der Waals surface area contributed by atoms with Gasteiger partial charge in [-0.15, -0.1) is 0 Å². The van der Waals surface area contributed by atoms with E-state index in [0.717, 1.165) is 23.3 Å². The van der Waals surface area contributed by atoms with E-state index in [1.807, 2.05) is 26.2 Å². The molecule has 1 aromatic rings. The van der Waals surface area contributed by atoms with Gasteiger partial charge in [-0.2, -0.15) is 16.1 Å². The lowest BCUT2D eigenvalue weighted by atomic mass is 10.1. The molecule has 0 saturated heterocycles. The van der Waals surface area contributed by atoms with E-state index in [1.54, 1.807) is 30.9 Å². The van der Waals surface area contributed by atoms with E-state index >= 15 is 0 Å². The van der Waals surface area contributed by atoms with Crippen LogP contribution < -0.4 is 5.73 Å². The Labute approximate surface area is 126 Å². The maximum atomic E-state index is 12.6. The van der Waals surface area contributed by atoms with Crippen molar-refractivity contribution in [1.29, 1.82) is 0 Å². The predicted octanol–water partition coefficient (Wildman–Crippen LogP) is 2.08. The van der Waals surface area contributed by atoms with Crippen LogP contribution in [0.25, 0.3) is 0 Å². The monoisotopic (exact) mass is 316 g/mol. The van der Waals surface area contributed by atoms with Crippen molar-refractivity contribution in [2.75, 3.05) is 19.1 Å². The molecule has 0 fully saturated rings. The molecule has 4 nitrogen and oxygen atoms in total. The second-order valence-corrected chi connectivity index (χ2v) is 7.72. The van der Waals surface area contributed by atoms with Crippen molar-refractivity contribution >= 4 is 21.8 Å². The van der Waals surface area contributed by atoms with Gasteiger partial charge < -0.3 is 5.73 Å². The second kappa shape index (κ2) is 7.45. The highest BCUT2D eigenvalue weighted by molar-refractivity contribution is 7.98. The van der Waals surface area contributed by atoms with Crippen LogP contribution in [0.3, 0.4) is 0 Å². The van der Waals surface area contributed by atoms with Crippen molar-refractivity contribution in [3.63, 3.8) is 0 Å². The summed E-state index contributed by atoms with van der Waals surface area (Å²) in [7, 11) is -1.82. The zero-order valence-corrected chi connectivity index (χ0v) is 14.2. The SMILES string of the molecule is CCc1ccc(S(=O)(=O)N(C)C(C)CSC)cc1CN. The molecule has 1 atom stereocenters. The summed E-state index contributed by atoms with van der Waals surface area (Å²) < 4.78 is 26.6. The fourth-order valence-corrected chi connectivity index (χ4v) is 4.26. The number of hydrogen-bond acceptors (Lipinski definition) is 4. The van der Waals surface area contributed by atoms with Gasteiger partial charge in [0.1, 0.15) is 0 Å². The molecule has 0 spiro atoms. The van der Waals surface area contributed by atoms with Crippen molar-refractivity contribution < 1.29 is 8.42 Å². The first-order valence-corrected chi connectivity index (χ1v) is 9.50. The van der Waals surface area contributed by atoms with Crippen molar-refractivity contribution in [2.24, 2.45) is 5.73 Å². The molecule has 1 aromatic carbocycles. The standard InChI is InChI=1S/C14H24N2O2S2/c1-5-12-6-7-14(8-13(12)9-15)20(17,18)16(3)11(2)10-19-4/h6-8,11H,5,9-10,15H2,1-4H3. The Hall–Kier alpha value is -0.560. The minimum atomic E-state index is -3.45. The van der Waals surface area contributed by atoms with E-state index in [4.69, 9.17) is 5.73 Å². The third kappa shape index (κ3) is 3.75. The Morgan fingerprint density at radius 1 is 1.35 bits per heavy atom. The van der Waals surface area contributed by atoms with Gasteiger partial charge in [-0.05, 0) is 42.9 Å². The lowest BCUT2D eigenvalue weighted by Crippen LogP contribution is -2.36. The van der Waals surface area contributed by atoms with Gasteiger partial charge in [0, 0.05) is 25.4 Å². The summed E-state index contributed by atoms with van der Waals surface area (Å²) in [6, 6.07) is 5.20. The highest BCUT2D eigenvalue weighted by Crippen LogP contribution is 2.21. The van der Waals surface area contributed by atoms with E-state index in [-0.39, 0.29) is 6.04 Å². The molecule has 0 radical (unpaired) electrons. The second-order valence-electron chi connectivity index (χ2n) is 4.81. The number of hydrogen-bond donors (Lipinski definition) is 1. The maximum absolute atomic E-state index is 12.6. The summed E-state index contributed by atoms with van der Waals surface area (Å²) in [4.78, 5) is 0.325. The van der Waals surface area contributed by atoms with Crippen molar-refractivity contribution in [3.8, 4) is 0 Å². The van der Waals surface area contributed by atoms with Crippen LogP contribution in [-0.2, 0) is 23.0 Å². The molecule has 6 heteroatoms. The van der Waals surface area contributed by atoms with Crippen LogP contribution in [0.2, 0.25) is 0 Å². The average Bonchev–Trinajstić information content (AvgIpc) is 2.45. The summed E-state index contributed by atoms with van der Waals surface area (Å²) in [5, 5.41) is 0. The summed E-state index contributed by atoms with van der Waals surface area (Å²) in [5.74, 6) is 0.770. The molecule has 1 unspecified atom stereocenters. The van der Waals surface area contributed by atoms with Gasteiger partial charge in [0.05, 0.1) is 4.90 Å². The first-order chi connectivity index (χ1) is 9.38. The van der Waals surface area contributed by atoms with E-state index < -0.39 is 10.0 Å². The Morgan fingerprint density at radius 3 is 2.50 bits per heavy atom. The molecule has 20 heavy (non-hydrogen) atoms. The summed E-state index contributed by atoms with van der Waals surface area (Å²) in [5.41, 5.74) is 7.72. The molecule has 2 N–H and O–H groups in total. The van der Waals surface area contributed by atoms with Crippen LogP contribution in [0.5, 0.6) is 0 Å². The van der Waals surface area contributed by atoms with E-state index in [2.05, 4.69) is 0 Å². The van der Waals surface area contributed by atoms with Crippen LogP contribution in [0.1, 0.15) is 25.0 Å². The fourth-order valence-electron chi connectivity index (χ4n) is 2.05. The lowest BCUT2D eigenvalue weighted by molar-refractivity contribution is 0.415. The first kappa shape index (κ1) is 17.5. The molecule has 0 aliphatic carbocycles. The van der Waals surface area contributed by atoms with Gasteiger partial charge >= 0.3 is 0 Å². The zero-order valence-electron chi connectivity index (χ0n) is 12.6. The van der Waals surface area contributed by atoms with Gasteiger partial charge in [0.15, 0.2) is 0 Å². The Morgan fingerprint density at radius 2 is 2.00 bits per heavy atom. The van der Waals surface area contributed by atoms with E-state index in [9.17, 15) is 8.42 Å². The minimum absolute atomic E-state index is 0.0396. The molecule has 0 saturated carbocycles. The quantitative estimate of drug-likeness (QED) is 0.836. The van der Waals surface area contributed by atoms with E-state index in [0.29, 0.717) is 11.4 Å². The molecule has 0 aliphatic heterocycles. The minimum Gasteiger partial charge on any atom is -0.326 e. The molecule has 0 aromatic heterocycles. The number of benzene rings is 1. The maximum Gasteiger partial charge on any atom is 0.243 e. The van der Waals surface area contributed by atoms with Crippen LogP contribution in [-0.4, -0.2) is 37.8 Å². The zero-order chi connectivity index (χ0) is 15.3. The highest BCUT2D eigenvalue weighted by atomic mass is 32.2. The smallest absolute Gasteiger partial charge is 0.243 e. The average molecular weight is 316 g/mol. The van der Waals surface area contributed by atoms with Gasteiger partial charge in [-0.3, -0.25) is 0 Å². The molecule has 0 bridgehead atoms. The lowest BCUT2D eigenvalue weighted by Gasteiger charge is -2.24. The summed E-state index contributed by atoms with van der Waals surface area (Å²) in [6.45, 7) is 4.31. The normalized spacial score (nSPS) is 13.7. The van der Waals surface area contributed by atoms with Crippen LogP contribution in [0.4, 0.5) is 0 Å². The molecule has 0 heterocycles. The van der Waals surface area contributed by atoms with Gasteiger partial charge in [0.25, 0.3) is 0 Å². The topological polar surface area (TPSA) is 63.4 Å². The third-order valence-corrected chi connectivity index (χ3v) is 6.27. The number of nitrogens with zero attached hydrogens (tertiary/aromatic N) is 1. The van der Waals surface area contributed by atoms with Crippen LogP contribution >= 0.6 is 11.8 Å². The predicted molar refractivity (Wildman–Crippen MR) is 86.5 cm³/mol.